The van der Waals surface area contributed by atoms with Crippen molar-refractivity contribution >= 4 is 11.9 Å². The molecule has 0 saturated heterocycles. The largest absolute Gasteiger partial charge is 0.481 e. The van der Waals surface area contributed by atoms with Crippen LogP contribution in [0.15, 0.2) is 0 Å². The van der Waals surface area contributed by atoms with E-state index in [0.717, 1.165) is 32.1 Å². The fraction of sp³-hybridized carbons (Fsp3) is 0.846. The van der Waals surface area contributed by atoms with Crippen LogP contribution in [0.25, 0.3) is 0 Å². The minimum absolute atomic E-state index is 0.0430. The molecule has 2 N–H and O–H groups in total. The molecule has 0 radical (unpaired) electrons. The van der Waals surface area contributed by atoms with Gasteiger partial charge in [0.1, 0.15) is 0 Å². The summed E-state index contributed by atoms with van der Waals surface area (Å²) in [6.07, 6.45) is 5.06. The van der Waals surface area contributed by atoms with Crippen molar-refractivity contribution in [3.63, 3.8) is 0 Å². The number of aliphatic carboxylic acids is 1. The van der Waals surface area contributed by atoms with Crippen LogP contribution in [0.2, 0.25) is 0 Å². The molecule has 1 atom stereocenters. The first-order valence-corrected chi connectivity index (χ1v) is 6.48. The molecular formula is C13H23NO3. The van der Waals surface area contributed by atoms with Gasteiger partial charge in [-0.3, -0.25) is 9.59 Å². The van der Waals surface area contributed by atoms with Crippen LogP contribution in [0, 0.1) is 11.3 Å². The van der Waals surface area contributed by atoms with Crippen LogP contribution in [0.5, 0.6) is 0 Å². The Bertz CT molecular complexity index is 282. The summed E-state index contributed by atoms with van der Waals surface area (Å²) in [7, 11) is 0. The summed E-state index contributed by atoms with van der Waals surface area (Å²) >= 11 is 0. The van der Waals surface area contributed by atoms with E-state index in [1.807, 2.05) is 13.8 Å². The highest BCUT2D eigenvalue weighted by molar-refractivity contribution is 5.82. The van der Waals surface area contributed by atoms with E-state index in [1.54, 1.807) is 0 Å². The average Bonchev–Trinajstić information content (AvgIpc) is 2.71. The van der Waals surface area contributed by atoms with E-state index < -0.39 is 5.97 Å². The molecule has 1 saturated carbocycles. The standard InChI is InChI=1S/C13H23NO3/c1-3-10(8-11(15)16)9-14-12(17)13(2)6-4-5-7-13/h10H,3-9H2,1-2H3,(H,14,17)(H,15,16). The maximum absolute atomic E-state index is 12.0. The van der Waals surface area contributed by atoms with Crippen molar-refractivity contribution in [1.29, 1.82) is 0 Å². The lowest BCUT2D eigenvalue weighted by Crippen LogP contribution is -2.39. The molecule has 0 spiro atoms. The molecular weight excluding hydrogens is 218 g/mol. The van der Waals surface area contributed by atoms with Crippen molar-refractivity contribution in [2.24, 2.45) is 11.3 Å². The molecule has 1 fully saturated rings. The second kappa shape index (κ2) is 6.03. The van der Waals surface area contributed by atoms with E-state index in [9.17, 15) is 9.59 Å². The van der Waals surface area contributed by atoms with Crippen molar-refractivity contribution < 1.29 is 14.7 Å². The lowest BCUT2D eigenvalue weighted by Gasteiger charge is -2.23. The highest BCUT2D eigenvalue weighted by atomic mass is 16.4. The Hall–Kier alpha value is -1.06. The zero-order chi connectivity index (χ0) is 12.9. The summed E-state index contributed by atoms with van der Waals surface area (Å²) in [4.78, 5) is 22.6. The van der Waals surface area contributed by atoms with E-state index in [0.29, 0.717) is 6.54 Å². The first-order chi connectivity index (χ1) is 7.98. The van der Waals surface area contributed by atoms with E-state index >= 15 is 0 Å². The molecule has 1 unspecified atom stereocenters. The number of carboxylic acids is 1. The number of hydrogen-bond donors (Lipinski definition) is 2. The Kier molecular flexibility index (Phi) is 4.97. The van der Waals surface area contributed by atoms with Crippen LogP contribution >= 0.6 is 0 Å². The fourth-order valence-electron chi connectivity index (χ4n) is 2.44. The molecule has 4 nitrogen and oxygen atoms in total. The molecule has 4 heteroatoms. The van der Waals surface area contributed by atoms with Gasteiger partial charge in [0.15, 0.2) is 0 Å². The van der Waals surface area contributed by atoms with Crippen LogP contribution in [-0.2, 0) is 9.59 Å². The highest BCUT2D eigenvalue weighted by Gasteiger charge is 2.36. The van der Waals surface area contributed by atoms with Gasteiger partial charge in [0.05, 0.1) is 0 Å². The summed E-state index contributed by atoms with van der Waals surface area (Å²) in [6, 6.07) is 0. The SMILES string of the molecule is CCC(CNC(=O)C1(C)CCCC1)CC(=O)O. The predicted molar refractivity (Wildman–Crippen MR) is 65.6 cm³/mol. The van der Waals surface area contributed by atoms with Gasteiger partial charge in [-0.05, 0) is 18.8 Å². The van der Waals surface area contributed by atoms with Gasteiger partial charge in [-0.2, -0.15) is 0 Å². The molecule has 1 aliphatic rings. The number of amides is 1. The second-order valence-corrected chi connectivity index (χ2v) is 5.35. The maximum Gasteiger partial charge on any atom is 0.303 e. The molecule has 0 aromatic rings. The Morgan fingerprint density at radius 2 is 1.94 bits per heavy atom. The summed E-state index contributed by atoms with van der Waals surface area (Å²) in [5.74, 6) is -0.654. The Labute approximate surface area is 103 Å². The number of carbonyl (C=O) groups is 2. The molecule has 1 rings (SSSR count). The summed E-state index contributed by atoms with van der Waals surface area (Å²) < 4.78 is 0. The van der Waals surface area contributed by atoms with Gasteiger partial charge in [0.25, 0.3) is 0 Å². The lowest BCUT2D eigenvalue weighted by molar-refractivity contribution is -0.138. The molecule has 1 amide bonds. The van der Waals surface area contributed by atoms with Crippen molar-refractivity contribution in [3.8, 4) is 0 Å². The van der Waals surface area contributed by atoms with Crippen LogP contribution in [-0.4, -0.2) is 23.5 Å². The van der Waals surface area contributed by atoms with Crippen molar-refractivity contribution in [2.75, 3.05) is 6.54 Å². The third kappa shape index (κ3) is 4.02. The number of rotatable bonds is 6. The van der Waals surface area contributed by atoms with Gasteiger partial charge in [-0.1, -0.05) is 33.1 Å². The third-order valence-electron chi connectivity index (χ3n) is 3.85. The first kappa shape index (κ1) is 14.0. The lowest BCUT2D eigenvalue weighted by atomic mass is 9.87. The molecule has 0 heterocycles. The molecule has 0 aromatic heterocycles. The second-order valence-electron chi connectivity index (χ2n) is 5.35. The van der Waals surface area contributed by atoms with Gasteiger partial charge in [-0.15, -0.1) is 0 Å². The van der Waals surface area contributed by atoms with Crippen LogP contribution in [0.3, 0.4) is 0 Å². The van der Waals surface area contributed by atoms with Crippen molar-refractivity contribution in [2.45, 2.75) is 52.4 Å². The van der Waals surface area contributed by atoms with Crippen molar-refractivity contribution in [1.82, 2.24) is 5.32 Å². The minimum Gasteiger partial charge on any atom is -0.481 e. The predicted octanol–water partition coefficient (Wildman–Crippen LogP) is 2.18. The van der Waals surface area contributed by atoms with Gasteiger partial charge >= 0.3 is 5.97 Å². The molecule has 0 aliphatic heterocycles. The summed E-state index contributed by atoms with van der Waals surface area (Å²) in [5, 5.41) is 11.6. The van der Waals surface area contributed by atoms with Gasteiger partial charge in [-0.25, -0.2) is 0 Å². The quantitative estimate of drug-likeness (QED) is 0.749. The van der Waals surface area contributed by atoms with E-state index in [2.05, 4.69) is 5.32 Å². The van der Waals surface area contributed by atoms with Gasteiger partial charge in [0.2, 0.25) is 5.91 Å². The Balaban J connectivity index is 2.38. The zero-order valence-corrected chi connectivity index (χ0v) is 10.8. The fourth-order valence-corrected chi connectivity index (χ4v) is 2.44. The molecule has 0 bridgehead atoms. The van der Waals surface area contributed by atoms with E-state index in [4.69, 9.17) is 5.11 Å². The van der Waals surface area contributed by atoms with Gasteiger partial charge < -0.3 is 10.4 Å². The summed E-state index contributed by atoms with van der Waals surface area (Å²) in [5.41, 5.74) is -0.221. The van der Waals surface area contributed by atoms with Crippen LogP contribution in [0.1, 0.15) is 52.4 Å². The van der Waals surface area contributed by atoms with Crippen molar-refractivity contribution in [3.05, 3.63) is 0 Å². The van der Waals surface area contributed by atoms with Gasteiger partial charge in [0, 0.05) is 18.4 Å². The monoisotopic (exact) mass is 241 g/mol. The zero-order valence-electron chi connectivity index (χ0n) is 10.8. The Morgan fingerprint density at radius 1 is 1.35 bits per heavy atom. The van der Waals surface area contributed by atoms with E-state index in [1.165, 1.54) is 0 Å². The minimum atomic E-state index is -0.793. The molecule has 98 valence electrons. The normalized spacial score (nSPS) is 19.9. The number of nitrogens with one attached hydrogen (secondary N) is 1. The molecule has 0 aromatic carbocycles. The highest BCUT2D eigenvalue weighted by Crippen LogP contribution is 2.37. The number of hydrogen-bond acceptors (Lipinski definition) is 2. The number of carbonyl (C=O) groups excluding carboxylic acids is 1. The van der Waals surface area contributed by atoms with E-state index in [-0.39, 0.29) is 23.7 Å². The van der Waals surface area contributed by atoms with Crippen LogP contribution < -0.4 is 5.32 Å². The average molecular weight is 241 g/mol. The Morgan fingerprint density at radius 3 is 2.41 bits per heavy atom. The maximum atomic E-state index is 12.0. The smallest absolute Gasteiger partial charge is 0.303 e. The summed E-state index contributed by atoms with van der Waals surface area (Å²) in [6.45, 7) is 4.45. The molecule has 1 aliphatic carbocycles. The number of carboxylic acid groups (broad SMARTS) is 1. The topological polar surface area (TPSA) is 66.4 Å². The molecule has 17 heavy (non-hydrogen) atoms. The first-order valence-electron chi connectivity index (χ1n) is 6.48. The van der Waals surface area contributed by atoms with Crippen LogP contribution in [0.4, 0.5) is 0 Å². The third-order valence-corrected chi connectivity index (χ3v) is 3.85.